The minimum absolute atomic E-state index is 0.0774. The van der Waals surface area contributed by atoms with E-state index in [1.165, 1.54) is 13.2 Å². The van der Waals surface area contributed by atoms with Crippen LogP contribution in [0.2, 0.25) is 10.0 Å². The van der Waals surface area contributed by atoms with Gasteiger partial charge in [-0.3, -0.25) is 0 Å². The van der Waals surface area contributed by atoms with Crippen LogP contribution in [0.15, 0.2) is 42.0 Å². The summed E-state index contributed by atoms with van der Waals surface area (Å²) in [7, 11) is 1.23. The molecule has 0 heterocycles. The van der Waals surface area contributed by atoms with Crippen molar-refractivity contribution in [3.63, 3.8) is 0 Å². The number of halogens is 2. The maximum absolute atomic E-state index is 11.4. The fourth-order valence-corrected chi connectivity index (χ4v) is 2.91. The number of methoxy groups -OCH3 is 1. The average Bonchev–Trinajstić information content (AvgIpc) is 2.65. The predicted octanol–water partition coefficient (Wildman–Crippen LogP) is 4.84. The molecule has 7 heteroatoms. The zero-order valence-electron chi connectivity index (χ0n) is 14.8. The molecule has 0 spiro atoms. The molecule has 0 saturated carbocycles. The van der Waals surface area contributed by atoms with Crippen molar-refractivity contribution in [3.05, 3.63) is 63.1 Å². The maximum Gasteiger partial charge on any atom is 0.348 e. The number of aryl methyl sites for hydroxylation is 1. The van der Waals surface area contributed by atoms with Crippen LogP contribution in [-0.4, -0.2) is 26.3 Å². The minimum atomic E-state index is -0.677. The van der Waals surface area contributed by atoms with E-state index in [0.29, 0.717) is 33.7 Å². The molecular weight excluding hydrogens is 389 g/mol. The van der Waals surface area contributed by atoms with Crippen molar-refractivity contribution in [2.75, 3.05) is 20.3 Å². The van der Waals surface area contributed by atoms with Gasteiger partial charge in [-0.2, -0.15) is 5.26 Å². The number of nitrogens with zero attached hydrogens (tertiary/aromatic N) is 1. The van der Waals surface area contributed by atoms with Crippen molar-refractivity contribution in [1.29, 1.82) is 5.26 Å². The molecular formula is C20H17Cl2NO4. The van der Waals surface area contributed by atoms with Gasteiger partial charge >= 0.3 is 5.97 Å². The molecule has 0 atom stereocenters. The Hall–Kier alpha value is -2.68. The first kappa shape index (κ1) is 20.6. The first-order valence-electron chi connectivity index (χ1n) is 7.96. The van der Waals surface area contributed by atoms with E-state index in [1.54, 1.807) is 42.5 Å². The molecule has 0 saturated heterocycles. The van der Waals surface area contributed by atoms with Crippen molar-refractivity contribution < 1.29 is 19.0 Å². The van der Waals surface area contributed by atoms with E-state index in [2.05, 4.69) is 4.74 Å². The lowest BCUT2D eigenvalue weighted by molar-refractivity contribution is -0.135. The van der Waals surface area contributed by atoms with Crippen molar-refractivity contribution in [1.82, 2.24) is 0 Å². The fraction of sp³-hybridized carbons (Fsp3) is 0.200. The standard InChI is InChI=1S/C20H17Cl2NO4/c1-13-9-17(21)19(18(22)10-13)27-8-7-26-16-5-3-14(4-6-16)11-15(12-23)20(24)25-2/h3-6,9-11H,7-8H2,1-2H3. The van der Waals surface area contributed by atoms with Crippen LogP contribution in [0.4, 0.5) is 0 Å². The molecule has 0 aliphatic rings. The van der Waals surface area contributed by atoms with Crippen LogP contribution in [0.1, 0.15) is 11.1 Å². The lowest BCUT2D eigenvalue weighted by atomic mass is 10.1. The van der Waals surface area contributed by atoms with Gasteiger partial charge in [0.2, 0.25) is 0 Å². The van der Waals surface area contributed by atoms with Crippen LogP contribution in [0.5, 0.6) is 11.5 Å². The zero-order chi connectivity index (χ0) is 19.8. The molecule has 2 aromatic rings. The van der Waals surface area contributed by atoms with Gasteiger partial charge in [-0.1, -0.05) is 35.3 Å². The number of nitriles is 1. The number of carbonyl (C=O) groups is 1. The second kappa shape index (κ2) is 9.86. The predicted molar refractivity (Wildman–Crippen MR) is 104 cm³/mol. The van der Waals surface area contributed by atoms with Crippen molar-refractivity contribution in [2.45, 2.75) is 6.92 Å². The highest BCUT2D eigenvalue weighted by atomic mass is 35.5. The Kier molecular flexibility index (Phi) is 7.54. The van der Waals surface area contributed by atoms with Crippen molar-refractivity contribution in [2.24, 2.45) is 0 Å². The number of carbonyl (C=O) groups excluding carboxylic acids is 1. The monoisotopic (exact) mass is 405 g/mol. The first-order chi connectivity index (χ1) is 12.9. The molecule has 2 aromatic carbocycles. The Labute approximate surface area is 167 Å². The molecule has 2 rings (SSSR count). The molecule has 5 nitrogen and oxygen atoms in total. The average molecular weight is 406 g/mol. The summed E-state index contributed by atoms with van der Waals surface area (Å²) in [5.41, 5.74) is 1.56. The van der Waals surface area contributed by atoms with Gasteiger partial charge in [0.25, 0.3) is 0 Å². The van der Waals surface area contributed by atoms with Crippen LogP contribution in [-0.2, 0) is 9.53 Å². The fourth-order valence-electron chi connectivity index (χ4n) is 2.20. The number of benzene rings is 2. The Balaban J connectivity index is 1.90. The highest BCUT2D eigenvalue weighted by Gasteiger charge is 2.09. The topological polar surface area (TPSA) is 68.6 Å². The van der Waals surface area contributed by atoms with Crippen LogP contribution < -0.4 is 9.47 Å². The van der Waals surface area contributed by atoms with Crippen molar-refractivity contribution >= 4 is 35.2 Å². The van der Waals surface area contributed by atoms with E-state index in [-0.39, 0.29) is 12.2 Å². The normalized spacial score (nSPS) is 10.9. The molecule has 0 radical (unpaired) electrons. The second-order valence-corrected chi connectivity index (χ2v) is 6.30. The number of hydrogen-bond donors (Lipinski definition) is 0. The molecule has 0 fully saturated rings. The summed E-state index contributed by atoms with van der Waals surface area (Å²) < 4.78 is 15.7. The van der Waals surface area contributed by atoms with Gasteiger partial charge < -0.3 is 14.2 Å². The second-order valence-electron chi connectivity index (χ2n) is 5.49. The SMILES string of the molecule is COC(=O)C(C#N)=Cc1ccc(OCCOc2c(Cl)cc(C)cc2Cl)cc1. The number of rotatable bonds is 7. The van der Waals surface area contributed by atoms with Gasteiger partial charge in [0.1, 0.15) is 30.6 Å². The van der Waals surface area contributed by atoms with Gasteiger partial charge in [0.05, 0.1) is 17.2 Å². The smallest absolute Gasteiger partial charge is 0.348 e. The summed E-state index contributed by atoms with van der Waals surface area (Å²) in [4.78, 5) is 11.4. The van der Waals surface area contributed by atoms with E-state index < -0.39 is 5.97 Å². The molecule has 0 amide bonds. The highest BCUT2D eigenvalue weighted by molar-refractivity contribution is 6.37. The van der Waals surface area contributed by atoms with E-state index in [9.17, 15) is 4.79 Å². The Bertz CT molecular complexity index is 863. The maximum atomic E-state index is 11.4. The van der Waals surface area contributed by atoms with Crippen LogP contribution in [0.3, 0.4) is 0 Å². The van der Waals surface area contributed by atoms with E-state index in [0.717, 1.165) is 5.56 Å². The Morgan fingerprint density at radius 1 is 1.11 bits per heavy atom. The summed E-state index contributed by atoms with van der Waals surface area (Å²) in [6.45, 7) is 2.46. The quantitative estimate of drug-likeness (QED) is 0.285. The molecule has 0 unspecified atom stereocenters. The van der Waals surface area contributed by atoms with E-state index in [1.807, 2.05) is 6.92 Å². The zero-order valence-corrected chi connectivity index (χ0v) is 16.3. The third kappa shape index (κ3) is 5.92. The molecule has 0 aromatic heterocycles. The van der Waals surface area contributed by atoms with Gasteiger partial charge in [-0.05, 0) is 48.4 Å². The summed E-state index contributed by atoms with van der Waals surface area (Å²) in [5.74, 6) is 0.372. The minimum Gasteiger partial charge on any atom is -0.490 e. The molecule has 0 aliphatic carbocycles. The lowest BCUT2D eigenvalue weighted by Crippen LogP contribution is -2.09. The lowest BCUT2D eigenvalue weighted by Gasteiger charge is -2.11. The van der Waals surface area contributed by atoms with Crippen LogP contribution in [0.25, 0.3) is 6.08 Å². The highest BCUT2D eigenvalue weighted by Crippen LogP contribution is 2.33. The van der Waals surface area contributed by atoms with Gasteiger partial charge in [0, 0.05) is 0 Å². The number of ether oxygens (including phenoxy) is 3. The number of hydrogen-bond acceptors (Lipinski definition) is 5. The Morgan fingerprint density at radius 3 is 2.26 bits per heavy atom. The van der Waals surface area contributed by atoms with E-state index in [4.69, 9.17) is 37.9 Å². The Morgan fingerprint density at radius 2 is 1.70 bits per heavy atom. The first-order valence-corrected chi connectivity index (χ1v) is 8.71. The number of esters is 1. The summed E-state index contributed by atoms with van der Waals surface area (Å²) in [5, 5.41) is 9.87. The third-order valence-corrected chi connectivity index (χ3v) is 4.02. The van der Waals surface area contributed by atoms with Gasteiger partial charge in [-0.15, -0.1) is 0 Å². The third-order valence-electron chi connectivity index (χ3n) is 3.46. The summed E-state index contributed by atoms with van der Waals surface area (Å²) >= 11 is 12.2. The summed E-state index contributed by atoms with van der Waals surface area (Å²) in [6.07, 6.45) is 1.44. The van der Waals surface area contributed by atoms with Gasteiger partial charge in [0.15, 0.2) is 5.75 Å². The van der Waals surface area contributed by atoms with Gasteiger partial charge in [-0.25, -0.2) is 4.79 Å². The van der Waals surface area contributed by atoms with E-state index >= 15 is 0 Å². The molecule has 140 valence electrons. The van der Waals surface area contributed by atoms with Crippen LogP contribution in [0, 0.1) is 18.3 Å². The van der Waals surface area contributed by atoms with Crippen molar-refractivity contribution in [3.8, 4) is 17.6 Å². The molecule has 0 aliphatic heterocycles. The summed E-state index contributed by atoms with van der Waals surface area (Å²) in [6, 6.07) is 12.3. The van der Waals surface area contributed by atoms with Crippen LogP contribution >= 0.6 is 23.2 Å². The molecule has 27 heavy (non-hydrogen) atoms. The molecule has 0 bridgehead atoms. The largest absolute Gasteiger partial charge is 0.490 e. The molecule has 0 N–H and O–H groups in total.